The Hall–Kier alpha value is -1.60. The molecule has 0 spiro atoms. The van der Waals surface area contributed by atoms with Crippen molar-refractivity contribution < 1.29 is 13.7 Å². The molecular weight excluding hydrogens is 256 g/mol. The van der Waals surface area contributed by atoms with Crippen molar-refractivity contribution in [1.82, 2.24) is 10.2 Å². The molecule has 2 rings (SSSR count). The molecule has 0 amide bonds. The van der Waals surface area contributed by atoms with E-state index in [0.717, 1.165) is 12.1 Å². The van der Waals surface area contributed by atoms with Crippen LogP contribution in [-0.2, 0) is 0 Å². The molecule has 1 fully saturated rings. The van der Waals surface area contributed by atoms with Gasteiger partial charge in [-0.15, -0.1) is 0 Å². The Kier molecular flexibility index (Phi) is 4.39. The van der Waals surface area contributed by atoms with Gasteiger partial charge in [0.15, 0.2) is 0 Å². The smallest absolute Gasteiger partial charge is 0.277 e. The second kappa shape index (κ2) is 6.03. The predicted molar refractivity (Wildman–Crippen MR) is 66.2 cm³/mol. The molecule has 0 saturated carbocycles. The molecule has 5 nitrogen and oxygen atoms in total. The van der Waals surface area contributed by atoms with Crippen molar-refractivity contribution >= 4 is 5.69 Å². The zero-order chi connectivity index (χ0) is 13.8. The van der Waals surface area contributed by atoms with Gasteiger partial charge in [-0.3, -0.25) is 15.0 Å². The van der Waals surface area contributed by atoms with Gasteiger partial charge >= 0.3 is 0 Å². The number of piperazine rings is 1. The van der Waals surface area contributed by atoms with E-state index >= 15 is 0 Å². The highest BCUT2D eigenvalue weighted by molar-refractivity contribution is 5.42. The van der Waals surface area contributed by atoms with E-state index in [2.05, 4.69) is 5.32 Å². The monoisotopic (exact) mass is 271 g/mol. The highest BCUT2D eigenvalue weighted by Crippen LogP contribution is 2.30. The van der Waals surface area contributed by atoms with E-state index in [1.165, 1.54) is 6.07 Å². The van der Waals surface area contributed by atoms with Crippen molar-refractivity contribution in [2.45, 2.75) is 6.04 Å². The first-order chi connectivity index (χ1) is 9.13. The van der Waals surface area contributed by atoms with E-state index in [9.17, 15) is 18.9 Å². The molecule has 0 aliphatic carbocycles. The minimum atomic E-state index is -0.730. The van der Waals surface area contributed by atoms with Crippen LogP contribution in [0.5, 0.6) is 0 Å². The van der Waals surface area contributed by atoms with Gasteiger partial charge < -0.3 is 5.32 Å². The van der Waals surface area contributed by atoms with Crippen LogP contribution in [0.2, 0.25) is 0 Å². The lowest BCUT2D eigenvalue weighted by Gasteiger charge is -2.33. The summed E-state index contributed by atoms with van der Waals surface area (Å²) in [5, 5.41) is 14.1. The zero-order valence-electron chi connectivity index (χ0n) is 10.3. The molecule has 1 saturated heterocycles. The number of nitro groups is 1. The fraction of sp³-hybridized carbons (Fsp3) is 0.500. The summed E-state index contributed by atoms with van der Waals surface area (Å²) < 4.78 is 26.4. The summed E-state index contributed by atoms with van der Waals surface area (Å²) in [6, 6.07) is 2.59. The van der Waals surface area contributed by atoms with E-state index < -0.39 is 23.5 Å². The molecule has 1 aromatic carbocycles. The molecule has 0 radical (unpaired) electrons. The highest BCUT2D eigenvalue weighted by atomic mass is 19.1. The second-order valence-corrected chi connectivity index (χ2v) is 4.42. The van der Waals surface area contributed by atoms with Crippen LogP contribution in [-0.4, -0.2) is 42.7 Å². The summed E-state index contributed by atoms with van der Waals surface area (Å²) >= 11 is 0. The number of halogens is 2. The Bertz CT molecular complexity index is 464. The first kappa shape index (κ1) is 13.8. The van der Waals surface area contributed by atoms with Gasteiger partial charge in [-0.25, -0.2) is 8.78 Å². The molecule has 1 atom stereocenters. The molecule has 0 unspecified atom stereocenters. The topological polar surface area (TPSA) is 58.4 Å². The van der Waals surface area contributed by atoms with Gasteiger partial charge in [0.2, 0.25) is 0 Å². The molecule has 7 heteroatoms. The molecule has 1 aliphatic rings. The number of alkyl halides is 1. The van der Waals surface area contributed by atoms with E-state index in [4.69, 9.17) is 0 Å². The number of nitrogens with zero attached hydrogens (tertiary/aromatic N) is 2. The van der Waals surface area contributed by atoms with E-state index in [1.54, 1.807) is 0 Å². The van der Waals surface area contributed by atoms with Gasteiger partial charge in [0.05, 0.1) is 17.0 Å². The zero-order valence-corrected chi connectivity index (χ0v) is 10.3. The standard InChI is InChI=1S/C12H15F2N3O2/c13-8-12(16-5-3-15-4-6-16)10-2-1-9(14)7-11(10)17(18)19/h1-2,7,12,15H,3-6,8H2/t12-/m1/s1. The third-order valence-electron chi connectivity index (χ3n) is 3.29. The Morgan fingerprint density at radius 3 is 2.68 bits per heavy atom. The minimum absolute atomic E-state index is 0.232. The SMILES string of the molecule is O=[N+]([O-])c1cc(F)ccc1[C@@H](CF)N1CCNCC1. The van der Waals surface area contributed by atoms with Crippen LogP contribution in [0.15, 0.2) is 18.2 Å². The normalized spacial score (nSPS) is 18.2. The fourth-order valence-electron chi connectivity index (χ4n) is 2.33. The molecular formula is C12H15F2N3O2. The van der Waals surface area contributed by atoms with Gasteiger partial charge in [0, 0.05) is 31.7 Å². The van der Waals surface area contributed by atoms with E-state index in [1.807, 2.05) is 4.90 Å². The number of benzene rings is 1. The maximum atomic E-state index is 13.3. The lowest BCUT2D eigenvalue weighted by Crippen LogP contribution is -2.45. The van der Waals surface area contributed by atoms with Crippen LogP contribution < -0.4 is 5.32 Å². The number of hydrogen-bond donors (Lipinski definition) is 1. The number of nitro benzene ring substituents is 1. The molecule has 1 aromatic rings. The number of nitrogens with one attached hydrogen (secondary N) is 1. The predicted octanol–water partition coefficient (Wildman–Crippen LogP) is 1.65. The van der Waals surface area contributed by atoms with Crippen LogP contribution in [0.3, 0.4) is 0 Å². The Morgan fingerprint density at radius 1 is 1.42 bits per heavy atom. The molecule has 0 bridgehead atoms. The Balaban J connectivity index is 2.34. The van der Waals surface area contributed by atoms with Gasteiger partial charge in [-0.2, -0.15) is 0 Å². The largest absolute Gasteiger partial charge is 0.314 e. The van der Waals surface area contributed by atoms with Crippen LogP contribution in [0.1, 0.15) is 11.6 Å². The Labute approximate surface area is 109 Å². The summed E-state index contributed by atoms with van der Waals surface area (Å²) in [6.45, 7) is 1.93. The molecule has 1 heterocycles. The molecule has 1 aliphatic heterocycles. The molecule has 104 valence electrons. The molecule has 0 aromatic heterocycles. The van der Waals surface area contributed by atoms with Crippen molar-refractivity contribution in [1.29, 1.82) is 0 Å². The van der Waals surface area contributed by atoms with Crippen LogP contribution >= 0.6 is 0 Å². The lowest BCUT2D eigenvalue weighted by molar-refractivity contribution is -0.386. The van der Waals surface area contributed by atoms with Crippen molar-refractivity contribution in [2.24, 2.45) is 0 Å². The maximum Gasteiger partial charge on any atom is 0.277 e. The number of hydrogen-bond acceptors (Lipinski definition) is 4. The van der Waals surface area contributed by atoms with Gasteiger partial charge in [0.1, 0.15) is 12.5 Å². The molecule has 1 N–H and O–H groups in total. The first-order valence-corrected chi connectivity index (χ1v) is 6.08. The first-order valence-electron chi connectivity index (χ1n) is 6.08. The van der Waals surface area contributed by atoms with Crippen LogP contribution in [0, 0.1) is 15.9 Å². The van der Waals surface area contributed by atoms with Gasteiger partial charge in [-0.1, -0.05) is 0 Å². The lowest BCUT2D eigenvalue weighted by atomic mass is 10.0. The maximum absolute atomic E-state index is 13.3. The molecule has 19 heavy (non-hydrogen) atoms. The Morgan fingerprint density at radius 2 is 2.11 bits per heavy atom. The summed E-state index contributed by atoms with van der Waals surface area (Å²) in [4.78, 5) is 12.1. The quantitative estimate of drug-likeness (QED) is 0.668. The second-order valence-electron chi connectivity index (χ2n) is 4.42. The van der Waals surface area contributed by atoms with Gasteiger partial charge in [0.25, 0.3) is 5.69 Å². The van der Waals surface area contributed by atoms with Crippen molar-refractivity contribution in [2.75, 3.05) is 32.9 Å². The summed E-state index contributed by atoms with van der Waals surface area (Å²) in [5.41, 5.74) is -0.128. The average molecular weight is 271 g/mol. The summed E-state index contributed by atoms with van der Waals surface area (Å²) in [6.07, 6.45) is 0. The van der Waals surface area contributed by atoms with Crippen LogP contribution in [0.4, 0.5) is 14.5 Å². The van der Waals surface area contributed by atoms with E-state index in [0.29, 0.717) is 26.2 Å². The third kappa shape index (κ3) is 3.05. The van der Waals surface area contributed by atoms with E-state index in [-0.39, 0.29) is 11.3 Å². The van der Waals surface area contributed by atoms with Crippen molar-refractivity contribution in [3.8, 4) is 0 Å². The average Bonchev–Trinajstić information content (AvgIpc) is 2.42. The van der Waals surface area contributed by atoms with Crippen LogP contribution in [0.25, 0.3) is 0 Å². The minimum Gasteiger partial charge on any atom is -0.314 e. The summed E-state index contributed by atoms with van der Waals surface area (Å²) in [7, 11) is 0. The highest BCUT2D eigenvalue weighted by Gasteiger charge is 2.28. The summed E-state index contributed by atoms with van der Waals surface area (Å²) in [5.74, 6) is -0.687. The number of rotatable bonds is 4. The van der Waals surface area contributed by atoms with Gasteiger partial charge in [-0.05, 0) is 12.1 Å². The van der Waals surface area contributed by atoms with Crippen molar-refractivity contribution in [3.63, 3.8) is 0 Å². The third-order valence-corrected chi connectivity index (χ3v) is 3.29. The fourth-order valence-corrected chi connectivity index (χ4v) is 2.33. The van der Waals surface area contributed by atoms with Crippen molar-refractivity contribution in [3.05, 3.63) is 39.7 Å².